The summed E-state index contributed by atoms with van der Waals surface area (Å²) in [5, 5.41) is 33.1. The van der Waals surface area contributed by atoms with Crippen LogP contribution in [0.1, 0.15) is 232 Å². The lowest BCUT2D eigenvalue weighted by Gasteiger charge is -2.21. The summed E-state index contributed by atoms with van der Waals surface area (Å²) >= 11 is 0. The van der Waals surface area contributed by atoms with Crippen molar-refractivity contribution in [1.29, 1.82) is 0 Å². The number of amides is 1. The summed E-state index contributed by atoms with van der Waals surface area (Å²) < 4.78 is 0. The van der Waals surface area contributed by atoms with Gasteiger partial charge in [0.15, 0.2) is 0 Å². The Kier molecular flexibility index (Phi) is 39.6. The van der Waals surface area contributed by atoms with Crippen molar-refractivity contribution < 1.29 is 20.1 Å². The molecule has 1 amide bonds. The maximum Gasteiger partial charge on any atom is 0.249 e. The number of carbonyl (C=O) groups excluding carboxylic acids is 1. The third-order valence-corrected chi connectivity index (χ3v) is 10.3. The highest BCUT2D eigenvalue weighted by Gasteiger charge is 2.22. The topological polar surface area (TPSA) is 89.8 Å². The Labute approximate surface area is 312 Å². The van der Waals surface area contributed by atoms with E-state index in [0.717, 1.165) is 38.5 Å². The Hall–Kier alpha value is -1.17. The normalized spacial score (nSPS) is 13.8. The van der Waals surface area contributed by atoms with Crippen LogP contribution in [0, 0.1) is 0 Å². The SMILES string of the molecule is CCCCCCCCCCCCCCCCCC/C=C/CC/C=C/C(O)C(CO)NC(=O)C(O)CCCCCCCCCCCCCCCC. The van der Waals surface area contributed by atoms with Gasteiger partial charge in [0.2, 0.25) is 5.91 Å². The first-order valence-corrected chi connectivity index (χ1v) is 22.2. The Balaban J connectivity index is 3.68. The van der Waals surface area contributed by atoms with Crippen LogP contribution in [-0.4, -0.2) is 46.1 Å². The van der Waals surface area contributed by atoms with Crippen molar-refractivity contribution in [1.82, 2.24) is 5.32 Å². The smallest absolute Gasteiger partial charge is 0.249 e. The van der Waals surface area contributed by atoms with Gasteiger partial charge in [-0.15, -0.1) is 0 Å². The zero-order valence-corrected chi connectivity index (χ0v) is 33.5. The monoisotopic (exact) mass is 706 g/mol. The van der Waals surface area contributed by atoms with Crippen molar-refractivity contribution in [2.75, 3.05) is 6.61 Å². The molecular weight excluding hydrogens is 618 g/mol. The number of allylic oxidation sites excluding steroid dienone is 3. The van der Waals surface area contributed by atoms with E-state index in [1.54, 1.807) is 6.08 Å². The third kappa shape index (κ3) is 35.2. The van der Waals surface area contributed by atoms with E-state index in [1.165, 1.54) is 173 Å². The van der Waals surface area contributed by atoms with Crippen LogP contribution in [0.5, 0.6) is 0 Å². The number of nitrogens with one attached hydrogen (secondary N) is 1. The highest BCUT2D eigenvalue weighted by molar-refractivity contribution is 5.80. The number of unbranched alkanes of at least 4 members (excludes halogenated alkanes) is 30. The maximum absolute atomic E-state index is 12.4. The van der Waals surface area contributed by atoms with Crippen LogP contribution >= 0.6 is 0 Å². The van der Waals surface area contributed by atoms with Gasteiger partial charge in [-0.3, -0.25) is 4.79 Å². The Morgan fingerprint density at radius 2 is 0.820 bits per heavy atom. The van der Waals surface area contributed by atoms with Crippen molar-refractivity contribution in [3.63, 3.8) is 0 Å². The number of aliphatic hydroxyl groups is 3. The molecule has 0 aliphatic rings. The molecule has 0 aromatic rings. The molecule has 0 heterocycles. The minimum absolute atomic E-state index is 0.373. The van der Waals surface area contributed by atoms with Gasteiger partial charge in [0.1, 0.15) is 6.10 Å². The summed E-state index contributed by atoms with van der Waals surface area (Å²) in [4.78, 5) is 12.4. The molecule has 0 aliphatic heterocycles. The summed E-state index contributed by atoms with van der Waals surface area (Å²) in [5.74, 6) is -0.511. The second-order valence-electron chi connectivity index (χ2n) is 15.3. The Morgan fingerprint density at radius 3 is 1.22 bits per heavy atom. The molecule has 0 aromatic heterocycles. The molecule has 50 heavy (non-hydrogen) atoms. The molecule has 0 fully saturated rings. The lowest BCUT2D eigenvalue weighted by molar-refractivity contribution is -0.131. The zero-order valence-electron chi connectivity index (χ0n) is 33.5. The minimum atomic E-state index is -1.10. The summed E-state index contributed by atoms with van der Waals surface area (Å²) in [5.41, 5.74) is 0. The van der Waals surface area contributed by atoms with Crippen molar-refractivity contribution in [3.05, 3.63) is 24.3 Å². The van der Waals surface area contributed by atoms with Gasteiger partial charge in [-0.25, -0.2) is 0 Å². The van der Waals surface area contributed by atoms with Gasteiger partial charge in [-0.05, 0) is 32.1 Å². The first kappa shape index (κ1) is 48.8. The molecule has 3 atom stereocenters. The number of carbonyl (C=O) groups is 1. The summed E-state index contributed by atoms with van der Waals surface area (Å²) in [7, 11) is 0. The predicted octanol–water partition coefficient (Wildman–Crippen LogP) is 12.6. The number of rotatable bonds is 40. The number of hydrogen-bond acceptors (Lipinski definition) is 4. The van der Waals surface area contributed by atoms with E-state index in [-0.39, 0.29) is 6.61 Å². The quantitative estimate of drug-likeness (QED) is 0.0377. The van der Waals surface area contributed by atoms with Gasteiger partial charge in [0.05, 0.1) is 18.8 Å². The molecule has 296 valence electrons. The molecule has 0 bridgehead atoms. The molecule has 5 heteroatoms. The van der Waals surface area contributed by atoms with Gasteiger partial charge in [0.25, 0.3) is 0 Å². The first-order chi connectivity index (χ1) is 24.6. The van der Waals surface area contributed by atoms with E-state index >= 15 is 0 Å². The minimum Gasteiger partial charge on any atom is -0.394 e. The fourth-order valence-electron chi connectivity index (χ4n) is 6.79. The lowest BCUT2D eigenvalue weighted by Crippen LogP contribution is -2.48. The molecule has 0 rings (SSSR count). The fraction of sp³-hybridized carbons (Fsp3) is 0.889. The van der Waals surface area contributed by atoms with Crippen LogP contribution in [-0.2, 0) is 4.79 Å². The second kappa shape index (κ2) is 40.6. The molecule has 5 nitrogen and oxygen atoms in total. The van der Waals surface area contributed by atoms with Crippen LogP contribution in [0.3, 0.4) is 0 Å². The van der Waals surface area contributed by atoms with E-state index < -0.39 is 24.2 Å². The molecule has 0 aromatic carbocycles. The molecule has 0 radical (unpaired) electrons. The van der Waals surface area contributed by atoms with Gasteiger partial charge in [-0.2, -0.15) is 0 Å². The van der Waals surface area contributed by atoms with Crippen LogP contribution in [0.25, 0.3) is 0 Å². The average Bonchev–Trinajstić information content (AvgIpc) is 3.12. The molecule has 0 saturated carbocycles. The second-order valence-corrected chi connectivity index (χ2v) is 15.3. The molecule has 0 spiro atoms. The molecule has 0 saturated heterocycles. The summed E-state index contributed by atoms with van der Waals surface area (Å²) in [6, 6.07) is -0.810. The maximum atomic E-state index is 12.4. The number of hydrogen-bond donors (Lipinski definition) is 4. The fourth-order valence-corrected chi connectivity index (χ4v) is 6.79. The van der Waals surface area contributed by atoms with Crippen molar-refractivity contribution in [3.8, 4) is 0 Å². The van der Waals surface area contributed by atoms with Crippen LogP contribution in [0.4, 0.5) is 0 Å². The van der Waals surface area contributed by atoms with E-state index in [0.29, 0.717) is 6.42 Å². The van der Waals surface area contributed by atoms with Gasteiger partial charge in [-0.1, -0.05) is 224 Å². The number of aliphatic hydroxyl groups excluding tert-OH is 3. The van der Waals surface area contributed by atoms with E-state index in [2.05, 4.69) is 31.3 Å². The van der Waals surface area contributed by atoms with Gasteiger partial charge >= 0.3 is 0 Å². The lowest BCUT2D eigenvalue weighted by atomic mass is 10.0. The van der Waals surface area contributed by atoms with Crippen molar-refractivity contribution in [2.45, 2.75) is 250 Å². The Morgan fingerprint density at radius 1 is 0.480 bits per heavy atom. The van der Waals surface area contributed by atoms with E-state index in [1.807, 2.05) is 6.08 Å². The molecule has 0 aliphatic carbocycles. The third-order valence-electron chi connectivity index (χ3n) is 10.3. The van der Waals surface area contributed by atoms with Crippen LogP contribution in [0.15, 0.2) is 24.3 Å². The van der Waals surface area contributed by atoms with Crippen molar-refractivity contribution in [2.24, 2.45) is 0 Å². The van der Waals surface area contributed by atoms with E-state index in [9.17, 15) is 20.1 Å². The van der Waals surface area contributed by atoms with Gasteiger partial charge < -0.3 is 20.6 Å². The summed E-state index contributed by atoms with van der Waals surface area (Å²) in [6.45, 7) is 4.18. The van der Waals surface area contributed by atoms with Crippen LogP contribution in [0.2, 0.25) is 0 Å². The predicted molar refractivity (Wildman–Crippen MR) is 218 cm³/mol. The zero-order chi connectivity index (χ0) is 36.6. The highest BCUT2D eigenvalue weighted by atomic mass is 16.3. The highest BCUT2D eigenvalue weighted by Crippen LogP contribution is 2.16. The van der Waals surface area contributed by atoms with Gasteiger partial charge in [0, 0.05) is 0 Å². The standard InChI is InChI=1S/C45H87NO4/c1-3-5-7-9-11-13-15-17-19-20-21-22-23-24-25-26-28-29-31-33-35-37-39-43(48)42(41-47)46-45(50)44(49)40-38-36-34-32-30-27-18-16-14-12-10-8-6-4-2/h29,31,37,39,42-44,47-49H,3-28,30,32-36,38,40-41H2,1-2H3,(H,46,50)/b31-29+,39-37+. The van der Waals surface area contributed by atoms with Crippen LogP contribution < -0.4 is 5.32 Å². The Bertz CT molecular complexity index is 739. The first-order valence-electron chi connectivity index (χ1n) is 22.2. The molecular formula is C45H87NO4. The average molecular weight is 706 g/mol. The van der Waals surface area contributed by atoms with Crippen molar-refractivity contribution >= 4 is 5.91 Å². The largest absolute Gasteiger partial charge is 0.394 e. The van der Waals surface area contributed by atoms with E-state index in [4.69, 9.17) is 0 Å². The molecule has 4 N–H and O–H groups in total. The molecule has 3 unspecified atom stereocenters. The summed E-state index contributed by atoms with van der Waals surface area (Å²) in [6.07, 6.45) is 49.3.